The van der Waals surface area contributed by atoms with Crippen LogP contribution in [0, 0.1) is 11.3 Å². The first-order valence-electron chi connectivity index (χ1n) is 7.99. The number of hydrogen-bond acceptors (Lipinski definition) is 1. The van der Waals surface area contributed by atoms with Gasteiger partial charge in [-0.2, -0.15) is 0 Å². The Morgan fingerprint density at radius 2 is 1.71 bits per heavy atom. The van der Waals surface area contributed by atoms with E-state index in [-0.39, 0.29) is 0 Å². The molecule has 2 rings (SSSR count). The van der Waals surface area contributed by atoms with E-state index in [4.69, 9.17) is 0 Å². The van der Waals surface area contributed by atoms with Crippen LogP contribution in [0.3, 0.4) is 0 Å². The normalized spacial score (nSPS) is 27.2. The lowest BCUT2D eigenvalue weighted by Gasteiger charge is -2.33. The van der Waals surface area contributed by atoms with Gasteiger partial charge in [0.15, 0.2) is 0 Å². The van der Waals surface area contributed by atoms with Crippen molar-refractivity contribution in [3.05, 3.63) is 0 Å². The van der Waals surface area contributed by atoms with Crippen molar-refractivity contribution in [2.75, 3.05) is 6.54 Å². The third-order valence-electron chi connectivity index (χ3n) is 5.57. The Bertz CT molecular complexity index is 212. The van der Waals surface area contributed by atoms with Crippen LogP contribution >= 0.6 is 0 Å². The van der Waals surface area contributed by atoms with Gasteiger partial charge < -0.3 is 5.32 Å². The second kappa shape index (κ2) is 6.22. The van der Waals surface area contributed by atoms with Gasteiger partial charge in [0, 0.05) is 12.6 Å². The van der Waals surface area contributed by atoms with Crippen LogP contribution in [0.15, 0.2) is 0 Å². The summed E-state index contributed by atoms with van der Waals surface area (Å²) in [6.07, 6.45) is 14.6. The molecule has 1 heteroatoms. The Morgan fingerprint density at radius 1 is 1.06 bits per heavy atom. The molecule has 0 amide bonds. The van der Waals surface area contributed by atoms with E-state index < -0.39 is 0 Å². The highest BCUT2D eigenvalue weighted by atomic mass is 14.9. The molecule has 0 aliphatic heterocycles. The first-order chi connectivity index (χ1) is 8.26. The maximum absolute atomic E-state index is 3.89. The molecule has 2 fully saturated rings. The molecule has 2 saturated carbocycles. The fraction of sp³-hybridized carbons (Fsp3) is 1.00. The van der Waals surface area contributed by atoms with Gasteiger partial charge in [-0.3, -0.25) is 0 Å². The van der Waals surface area contributed by atoms with Gasteiger partial charge in [-0.1, -0.05) is 39.0 Å². The van der Waals surface area contributed by atoms with E-state index in [1.165, 1.54) is 70.8 Å². The van der Waals surface area contributed by atoms with Gasteiger partial charge in [-0.25, -0.2) is 0 Å². The van der Waals surface area contributed by atoms with Crippen molar-refractivity contribution in [2.24, 2.45) is 11.3 Å². The van der Waals surface area contributed by atoms with Crippen LogP contribution in [0.1, 0.15) is 78.1 Å². The van der Waals surface area contributed by atoms with Crippen molar-refractivity contribution in [3.8, 4) is 0 Å². The lowest BCUT2D eigenvalue weighted by molar-refractivity contribution is 0.219. The van der Waals surface area contributed by atoms with Gasteiger partial charge in [0.25, 0.3) is 0 Å². The maximum Gasteiger partial charge on any atom is 0.00672 e. The van der Waals surface area contributed by atoms with Crippen molar-refractivity contribution in [1.29, 1.82) is 0 Å². The van der Waals surface area contributed by atoms with Crippen molar-refractivity contribution < 1.29 is 0 Å². The molecule has 100 valence electrons. The van der Waals surface area contributed by atoms with Gasteiger partial charge >= 0.3 is 0 Å². The molecule has 0 aromatic carbocycles. The van der Waals surface area contributed by atoms with Crippen LogP contribution in [0.2, 0.25) is 0 Å². The minimum absolute atomic E-state index is 0.656. The molecule has 0 radical (unpaired) electrons. The quantitative estimate of drug-likeness (QED) is 0.741. The van der Waals surface area contributed by atoms with E-state index >= 15 is 0 Å². The van der Waals surface area contributed by atoms with E-state index in [1.807, 2.05) is 0 Å². The predicted molar refractivity (Wildman–Crippen MR) is 75.2 cm³/mol. The molecule has 0 bridgehead atoms. The molecule has 2 aliphatic carbocycles. The minimum atomic E-state index is 0.656. The summed E-state index contributed by atoms with van der Waals surface area (Å²) in [5.74, 6) is 0.957. The van der Waals surface area contributed by atoms with Crippen LogP contribution < -0.4 is 5.32 Å². The Labute approximate surface area is 108 Å². The van der Waals surface area contributed by atoms with Crippen LogP contribution in [0.4, 0.5) is 0 Å². The Kier molecular flexibility index (Phi) is 4.90. The largest absolute Gasteiger partial charge is 0.313 e. The van der Waals surface area contributed by atoms with Gasteiger partial charge in [0.1, 0.15) is 0 Å². The molecule has 0 spiro atoms. The van der Waals surface area contributed by atoms with Crippen LogP contribution in [0.25, 0.3) is 0 Å². The molecule has 2 aliphatic rings. The summed E-state index contributed by atoms with van der Waals surface area (Å²) in [4.78, 5) is 0. The van der Waals surface area contributed by atoms with E-state index in [9.17, 15) is 0 Å². The van der Waals surface area contributed by atoms with E-state index in [2.05, 4.69) is 19.2 Å². The summed E-state index contributed by atoms with van der Waals surface area (Å²) in [7, 11) is 0. The third kappa shape index (κ3) is 3.47. The summed E-state index contributed by atoms with van der Waals surface area (Å²) < 4.78 is 0. The lowest BCUT2D eigenvalue weighted by Crippen LogP contribution is -2.41. The van der Waals surface area contributed by atoms with Crippen molar-refractivity contribution in [1.82, 2.24) is 5.32 Å². The third-order valence-corrected chi connectivity index (χ3v) is 5.57. The van der Waals surface area contributed by atoms with E-state index in [0.717, 1.165) is 12.0 Å². The minimum Gasteiger partial charge on any atom is -0.313 e. The van der Waals surface area contributed by atoms with Gasteiger partial charge in [-0.15, -0.1) is 0 Å². The van der Waals surface area contributed by atoms with Crippen LogP contribution in [-0.2, 0) is 0 Å². The monoisotopic (exact) mass is 237 g/mol. The SMILES string of the molecule is CCC1(CNC(C)C2CCCCC2)CCCC1. The summed E-state index contributed by atoms with van der Waals surface area (Å²) in [6.45, 7) is 6.09. The zero-order valence-electron chi connectivity index (χ0n) is 11.9. The fourth-order valence-corrected chi connectivity index (χ4v) is 3.96. The average molecular weight is 237 g/mol. The van der Waals surface area contributed by atoms with E-state index in [0.29, 0.717) is 5.41 Å². The number of nitrogens with one attached hydrogen (secondary N) is 1. The smallest absolute Gasteiger partial charge is 0.00672 e. The predicted octanol–water partition coefficient (Wildman–Crippen LogP) is 4.52. The molecule has 0 saturated heterocycles. The summed E-state index contributed by atoms with van der Waals surface area (Å²) >= 11 is 0. The van der Waals surface area contributed by atoms with Crippen LogP contribution in [0.5, 0.6) is 0 Å². The Morgan fingerprint density at radius 3 is 2.29 bits per heavy atom. The molecule has 1 atom stereocenters. The summed E-state index contributed by atoms with van der Waals surface area (Å²) in [5, 5.41) is 3.89. The highest BCUT2D eigenvalue weighted by molar-refractivity contribution is 4.87. The molecule has 0 aromatic heterocycles. The van der Waals surface area contributed by atoms with Crippen LogP contribution in [-0.4, -0.2) is 12.6 Å². The molecule has 1 N–H and O–H groups in total. The fourth-order valence-electron chi connectivity index (χ4n) is 3.96. The Balaban J connectivity index is 1.76. The molecule has 0 aromatic rings. The van der Waals surface area contributed by atoms with Gasteiger partial charge in [0.2, 0.25) is 0 Å². The number of rotatable bonds is 5. The van der Waals surface area contributed by atoms with Gasteiger partial charge in [0.05, 0.1) is 0 Å². The molecule has 0 heterocycles. The topological polar surface area (TPSA) is 12.0 Å². The highest BCUT2D eigenvalue weighted by Gasteiger charge is 2.32. The second-order valence-electron chi connectivity index (χ2n) is 6.63. The van der Waals surface area contributed by atoms with Crippen molar-refractivity contribution in [3.63, 3.8) is 0 Å². The average Bonchev–Trinajstić information content (AvgIpc) is 2.86. The first kappa shape index (κ1) is 13.4. The second-order valence-corrected chi connectivity index (χ2v) is 6.63. The highest BCUT2D eigenvalue weighted by Crippen LogP contribution is 2.40. The Hall–Kier alpha value is -0.0400. The standard InChI is InChI=1S/C16H31N/c1-3-16(11-7-8-12-16)13-17-14(2)15-9-5-4-6-10-15/h14-15,17H,3-13H2,1-2H3. The van der Waals surface area contributed by atoms with E-state index in [1.54, 1.807) is 0 Å². The lowest BCUT2D eigenvalue weighted by atomic mass is 9.81. The summed E-state index contributed by atoms with van der Waals surface area (Å²) in [6, 6.07) is 0.749. The number of hydrogen-bond donors (Lipinski definition) is 1. The maximum atomic E-state index is 3.89. The molecule has 1 nitrogen and oxygen atoms in total. The zero-order valence-corrected chi connectivity index (χ0v) is 11.9. The molecule has 17 heavy (non-hydrogen) atoms. The molecule has 1 unspecified atom stereocenters. The van der Waals surface area contributed by atoms with Crippen molar-refractivity contribution >= 4 is 0 Å². The zero-order chi connectivity index (χ0) is 12.1. The van der Waals surface area contributed by atoms with Crippen molar-refractivity contribution in [2.45, 2.75) is 84.1 Å². The molecular weight excluding hydrogens is 206 g/mol. The summed E-state index contributed by atoms with van der Waals surface area (Å²) in [5.41, 5.74) is 0.656. The van der Waals surface area contributed by atoms with Gasteiger partial charge in [-0.05, 0) is 50.4 Å². The molecular formula is C16H31N. The first-order valence-corrected chi connectivity index (χ1v) is 7.99.